The van der Waals surface area contributed by atoms with Crippen molar-refractivity contribution in [2.45, 2.75) is 60.4 Å². The number of carbonyl (C=O) groups is 3. The van der Waals surface area contributed by atoms with Crippen LogP contribution in [0.2, 0.25) is 0 Å². The van der Waals surface area contributed by atoms with E-state index in [9.17, 15) is 14.4 Å². The second-order valence-corrected chi connectivity index (χ2v) is 3.84. The van der Waals surface area contributed by atoms with Gasteiger partial charge in [-0.2, -0.15) is 0 Å². The molecule has 1 amide bonds. The van der Waals surface area contributed by atoms with E-state index >= 15 is 0 Å². The van der Waals surface area contributed by atoms with Gasteiger partial charge in [0.15, 0.2) is 5.78 Å². The fourth-order valence-electron chi connectivity index (χ4n) is 1.27. The van der Waals surface area contributed by atoms with Gasteiger partial charge in [0.2, 0.25) is 5.91 Å². The zero-order chi connectivity index (χ0) is 13.3. The van der Waals surface area contributed by atoms with Crippen molar-refractivity contribution in [3.05, 3.63) is 12.2 Å². The molecule has 112 valence electrons. The average molecular weight is 273 g/mol. The van der Waals surface area contributed by atoms with Gasteiger partial charge in [-0.15, -0.1) is 0 Å². The molecule has 0 unspecified atom stereocenters. The molecule has 0 rings (SSSR count). The normalized spacial score (nSPS) is 11.1. The van der Waals surface area contributed by atoms with Gasteiger partial charge in [0.25, 0.3) is 0 Å². The third-order valence-corrected chi connectivity index (χ3v) is 2.18. The molecule has 0 aliphatic carbocycles. The van der Waals surface area contributed by atoms with Crippen LogP contribution in [0.15, 0.2) is 12.2 Å². The predicted octanol–water partition coefficient (Wildman–Crippen LogP) is 2.55. The Balaban J connectivity index is -0.00000128. The molecule has 0 saturated heterocycles. The maximum atomic E-state index is 11.3. The topological polar surface area (TPSA) is 83.5 Å². The summed E-state index contributed by atoms with van der Waals surface area (Å²) in [5, 5.41) is 11.2. The quantitative estimate of drug-likeness (QED) is 0.526. The molecule has 0 fully saturated rings. The lowest BCUT2D eigenvalue weighted by Gasteiger charge is -2.12. The second kappa shape index (κ2) is 12.8. The molecule has 0 radical (unpaired) electrons. The molecule has 0 saturated carbocycles. The van der Waals surface area contributed by atoms with Crippen LogP contribution in [0.1, 0.15) is 54.4 Å². The zero-order valence-corrected chi connectivity index (χ0v) is 10.2. The molecular weight excluding hydrogens is 246 g/mol. The number of aliphatic carboxylic acids is 1. The molecule has 1 atom stereocenters. The monoisotopic (exact) mass is 273 g/mol. The highest BCUT2D eigenvalue weighted by molar-refractivity contribution is 5.97. The molecule has 0 aromatic carbocycles. The highest BCUT2D eigenvalue weighted by atomic mass is 16.4. The van der Waals surface area contributed by atoms with Crippen LogP contribution in [0.5, 0.6) is 0 Å². The van der Waals surface area contributed by atoms with Crippen molar-refractivity contribution in [2.24, 2.45) is 0 Å². The third-order valence-electron chi connectivity index (χ3n) is 2.18. The van der Waals surface area contributed by atoms with Crippen molar-refractivity contribution < 1.29 is 19.5 Å². The summed E-state index contributed by atoms with van der Waals surface area (Å²) in [6, 6.07) is -0.884. The number of unbranched alkanes of at least 4 members (excludes halogenated alkanes) is 2. The van der Waals surface area contributed by atoms with E-state index in [4.69, 9.17) is 5.11 Å². The first-order valence-electron chi connectivity index (χ1n) is 5.69. The Hall–Kier alpha value is -1.65. The first-order chi connectivity index (χ1) is 7.97. The van der Waals surface area contributed by atoms with E-state index in [1.54, 1.807) is 0 Å². The summed E-state index contributed by atoms with van der Waals surface area (Å²) in [5.74, 6) is -1.85. The Morgan fingerprint density at radius 1 is 1.16 bits per heavy atom. The Labute approximate surface area is 116 Å². The Morgan fingerprint density at radius 2 is 1.74 bits per heavy atom. The van der Waals surface area contributed by atoms with E-state index in [1.807, 2.05) is 6.92 Å². The SMILES string of the molecule is C.C.CCCCC[C@@H](NC(=O)/C=C/C(C)=O)C(=O)O. The maximum absolute atomic E-state index is 11.3. The largest absolute Gasteiger partial charge is 0.480 e. The van der Waals surface area contributed by atoms with Crippen LogP contribution in [0.4, 0.5) is 0 Å². The number of rotatable bonds is 8. The number of hydrogen-bond acceptors (Lipinski definition) is 3. The minimum absolute atomic E-state index is 0. The van der Waals surface area contributed by atoms with Crippen LogP contribution in [0.25, 0.3) is 0 Å². The minimum Gasteiger partial charge on any atom is -0.480 e. The van der Waals surface area contributed by atoms with Gasteiger partial charge >= 0.3 is 5.97 Å². The third kappa shape index (κ3) is 12.6. The van der Waals surface area contributed by atoms with Gasteiger partial charge < -0.3 is 10.4 Å². The highest BCUT2D eigenvalue weighted by Gasteiger charge is 2.17. The minimum atomic E-state index is -1.05. The van der Waals surface area contributed by atoms with E-state index in [-0.39, 0.29) is 20.6 Å². The lowest BCUT2D eigenvalue weighted by atomic mass is 10.1. The Kier molecular flexibility index (Phi) is 15.2. The number of carbonyl (C=O) groups excluding carboxylic acids is 2. The summed E-state index contributed by atoms with van der Waals surface area (Å²) in [6.07, 6.45) is 5.25. The van der Waals surface area contributed by atoms with Crippen LogP contribution in [-0.2, 0) is 14.4 Å². The average Bonchev–Trinajstić information content (AvgIpc) is 2.25. The van der Waals surface area contributed by atoms with Gasteiger partial charge in [-0.3, -0.25) is 9.59 Å². The van der Waals surface area contributed by atoms with E-state index in [2.05, 4.69) is 5.32 Å². The summed E-state index contributed by atoms with van der Waals surface area (Å²) in [6.45, 7) is 3.34. The summed E-state index contributed by atoms with van der Waals surface area (Å²) in [5.41, 5.74) is 0. The van der Waals surface area contributed by atoms with Crippen molar-refractivity contribution in [3.8, 4) is 0 Å². The van der Waals surface area contributed by atoms with Crippen LogP contribution < -0.4 is 5.32 Å². The van der Waals surface area contributed by atoms with Gasteiger partial charge in [0.05, 0.1) is 0 Å². The van der Waals surface area contributed by atoms with E-state index < -0.39 is 17.9 Å². The Bertz CT molecular complexity index is 311. The smallest absolute Gasteiger partial charge is 0.326 e. The lowest BCUT2D eigenvalue weighted by molar-refractivity contribution is -0.141. The molecule has 19 heavy (non-hydrogen) atoms. The number of amides is 1. The lowest BCUT2D eigenvalue weighted by Crippen LogP contribution is -2.39. The van der Waals surface area contributed by atoms with Crippen LogP contribution >= 0.6 is 0 Å². The van der Waals surface area contributed by atoms with Crippen LogP contribution in [0, 0.1) is 0 Å². The van der Waals surface area contributed by atoms with Gasteiger partial charge in [0, 0.05) is 6.08 Å². The standard InChI is InChI=1S/C12H19NO4.2CH4/c1-3-4-5-6-10(12(16)17)13-11(15)8-7-9(2)14;;/h7-8,10H,3-6H2,1-2H3,(H,13,15)(H,16,17);2*1H4/b8-7+;;/t10-;;/m1../s1. The van der Waals surface area contributed by atoms with E-state index in [0.717, 1.165) is 31.4 Å². The highest BCUT2D eigenvalue weighted by Crippen LogP contribution is 2.03. The molecule has 0 aliphatic heterocycles. The van der Waals surface area contributed by atoms with Gasteiger partial charge in [0.1, 0.15) is 6.04 Å². The molecule has 0 spiro atoms. The number of nitrogens with one attached hydrogen (secondary N) is 1. The molecule has 0 bridgehead atoms. The molecule has 0 aromatic rings. The summed E-state index contributed by atoms with van der Waals surface area (Å²) >= 11 is 0. The Morgan fingerprint density at radius 3 is 2.16 bits per heavy atom. The molecule has 5 nitrogen and oxygen atoms in total. The predicted molar refractivity (Wildman–Crippen MR) is 77.0 cm³/mol. The molecule has 0 heterocycles. The van der Waals surface area contributed by atoms with Gasteiger partial charge in [-0.05, 0) is 19.4 Å². The molecule has 5 heteroatoms. The number of carboxylic acid groups (broad SMARTS) is 1. The zero-order valence-electron chi connectivity index (χ0n) is 10.2. The van der Waals surface area contributed by atoms with Crippen molar-refractivity contribution in [1.29, 1.82) is 0 Å². The summed E-state index contributed by atoms with van der Waals surface area (Å²) in [7, 11) is 0. The fourth-order valence-corrected chi connectivity index (χ4v) is 1.27. The first-order valence-corrected chi connectivity index (χ1v) is 5.69. The molecule has 0 aliphatic rings. The van der Waals surface area contributed by atoms with Gasteiger partial charge in [-0.25, -0.2) is 4.79 Å². The summed E-state index contributed by atoms with van der Waals surface area (Å²) in [4.78, 5) is 32.7. The number of hydrogen-bond donors (Lipinski definition) is 2. The van der Waals surface area contributed by atoms with Gasteiger partial charge in [-0.1, -0.05) is 41.0 Å². The van der Waals surface area contributed by atoms with Crippen molar-refractivity contribution >= 4 is 17.7 Å². The van der Waals surface area contributed by atoms with Crippen molar-refractivity contribution in [2.75, 3.05) is 0 Å². The molecule has 2 N–H and O–H groups in total. The van der Waals surface area contributed by atoms with Crippen molar-refractivity contribution in [1.82, 2.24) is 5.32 Å². The summed E-state index contributed by atoms with van der Waals surface area (Å²) < 4.78 is 0. The first kappa shape index (κ1) is 22.5. The molecule has 0 aromatic heterocycles. The van der Waals surface area contributed by atoms with Crippen LogP contribution in [-0.4, -0.2) is 28.8 Å². The van der Waals surface area contributed by atoms with E-state index in [1.165, 1.54) is 6.92 Å². The molecular formula is C14H27NO4. The fraction of sp³-hybridized carbons (Fsp3) is 0.643. The number of allylic oxidation sites excluding steroid dienone is 1. The number of carboxylic acids is 1. The second-order valence-electron chi connectivity index (χ2n) is 3.84. The maximum Gasteiger partial charge on any atom is 0.326 e. The van der Waals surface area contributed by atoms with E-state index in [0.29, 0.717) is 6.42 Å². The van der Waals surface area contributed by atoms with Crippen molar-refractivity contribution in [3.63, 3.8) is 0 Å². The number of ketones is 1. The van der Waals surface area contributed by atoms with Crippen LogP contribution in [0.3, 0.4) is 0 Å².